The Balaban J connectivity index is 0.000000206. The van der Waals surface area contributed by atoms with Crippen LogP contribution in [0.5, 0.6) is 0 Å². The van der Waals surface area contributed by atoms with Crippen molar-refractivity contribution in [3.8, 4) is 0 Å². The van der Waals surface area contributed by atoms with Gasteiger partial charge in [-0.3, -0.25) is 33.4 Å². The van der Waals surface area contributed by atoms with Gasteiger partial charge in [0.2, 0.25) is 5.91 Å². The van der Waals surface area contributed by atoms with Gasteiger partial charge in [-0.1, -0.05) is 236 Å². The highest BCUT2D eigenvalue weighted by Gasteiger charge is 2.32. The summed E-state index contributed by atoms with van der Waals surface area (Å²) >= 11 is 0. The molecule has 10 rings (SSSR count). The van der Waals surface area contributed by atoms with E-state index in [0.717, 1.165) is 99.3 Å². The number of Topliss-reactive ketones (excluding diaryl/α,β-unsaturated/α-hetero) is 2. The van der Waals surface area contributed by atoms with Crippen LogP contribution in [0.4, 0.5) is 0 Å². The molecule has 0 aliphatic carbocycles. The van der Waals surface area contributed by atoms with Crippen LogP contribution in [0.3, 0.4) is 0 Å². The maximum absolute atomic E-state index is 12.3. The lowest BCUT2D eigenvalue weighted by Gasteiger charge is -2.37. The number of ketones is 2. The Hall–Kier alpha value is -6.41. The van der Waals surface area contributed by atoms with Crippen LogP contribution < -0.4 is 5.32 Å². The summed E-state index contributed by atoms with van der Waals surface area (Å²) in [5.74, 6) is 6.42. The lowest BCUT2D eigenvalue weighted by molar-refractivity contribution is -0.139. The van der Waals surface area contributed by atoms with Crippen molar-refractivity contribution in [2.75, 3.05) is 106 Å². The molecule has 3 atom stereocenters. The molecule has 94 heavy (non-hydrogen) atoms. The molecule has 6 aromatic rings. The second-order valence-corrected chi connectivity index (χ2v) is 29.5. The summed E-state index contributed by atoms with van der Waals surface area (Å²) in [6.07, 6.45) is 5.57. The smallest absolute Gasteiger partial charge is 0.244 e. The van der Waals surface area contributed by atoms with Crippen molar-refractivity contribution >= 4 is 34.1 Å². The van der Waals surface area contributed by atoms with E-state index >= 15 is 0 Å². The first-order valence-electron chi connectivity index (χ1n) is 35.0. The van der Waals surface area contributed by atoms with Crippen LogP contribution >= 0.6 is 0 Å². The molecule has 0 radical (unpaired) electrons. The fourth-order valence-electron chi connectivity index (χ4n) is 11.7. The zero-order valence-corrected chi connectivity index (χ0v) is 61.8. The van der Waals surface area contributed by atoms with Gasteiger partial charge in [0.05, 0.1) is 6.54 Å². The maximum Gasteiger partial charge on any atom is 0.244 e. The summed E-state index contributed by atoms with van der Waals surface area (Å²) in [5.41, 5.74) is 14.7. The summed E-state index contributed by atoms with van der Waals surface area (Å²) in [5, 5.41) is 3.33. The van der Waals surface area contributed by atoms with Crippen LogP contribution in [0.1, 0.15) is 240 Å². The quantitative estimate of drug-likeness (QED) is 0.0948. The van der Waals surface area contributed by atoms with Crippen molar-refractivity contribution in [1.29, 1.82) is 0 Å². The van der Waals surface area contributed by atoms with Gasteiger partial charge in [0, 0.05) is 105 Å². The van der Waals surface area contributed by atoms with Gasteiger partial charge in [-0.2, -0.15) is 0 Å². The van der Waals surface area contributed by atoms with Gasteiger partial charge in [0.25, 0.3) is 0 Å². The number of likely N-dealkylation sites (tertiary alicyclic amines) is 1. The molecule has 4 heterocycles. The Kier molecular flexibility index (Phi) is 33.5. The van der Waals surface area contributed by atoms with Gasteiger partial charge < -0.3 is 20.0 Å². The van der Waals surface area contributed by atoms with E-state index in [-0.39, 0.29) is 23.5 Å². The maximum atomic E-state index is 12.3. The van der Waals surface area contributed by atoms with Gasteiger partial charge in [-0.05, 0) is 145 Å². The van der Waals surface area contributed by atoms with Gasteiger partial charge in [-0.25, -0.2) is 0 Å². The van der Waals surface area contributed by atoms with E-state index in [1.165, 1.54) is 70.4 Å². The van der Waals surface area contributed by atoms with E-state index in [1.807, 2.05) is 55.4 Å². The summed E-state index contributed by atoms with van der Waals surface area (Å²) in [4.78, 5) is 51.0. The average molecular weight is 1300 g/mol. The molecule has 6 aromatic carbocycles. The Bertz CT molecular complexity index is 3220. The van der Waals surface area contributed by atoms with E-state index in [0.29, 0.717) is 47.8 Å². The van der Waals surface area contributed by atoms with Crippen LogP contribution in [0.25, 0.3) is 0 Å². The van der Waals surface area contributed by atoms with Crippen molar-refractivity contribution in [3.63, 3.8) is 0 Å². The average Bonchev–Trinajstić information content (AvgIpc) is 0.829. The molecule has 4 aliphatic rings. The normalized spacial score (nSPS) is 17.5. The SMILES string of the molecule is CC(=O)c1ccc(C(C)C)cc1.CC(C)c1ccc(C2=NCCCN2)cc1.CC(C)c1ccc(C2C(=O)N(C)CCN2C)cc1.CC(C)c1ccc(C2CCCN(C)C2)cc1.CC(C)c1ccc(CS(C)=O)cc1.CCN1CCN(CC(=O)c2ccc(C(C)C)cc2)CC1. The summed E-state index contributed by atoms with van der Waals surface area (Å²) in [6, 6.07) is 50.6. The highest BCUT2D eigenvalue weighted by Crippen LogP contribution is 2.29. The molecule has 4 aliphatic heterocycles. The minimum Gasteiger partial charge on any atom is -0.370 e. The standard InChI is InChI=1S/C17H26N2O.C15H22N2O.C15H23N.C13H18N2.C11H16OS.C11H14O/c1-4-18-9-11-19(12-10-18)13-17(20)16-7-5-15(6-8-16)14(2)3;1-11(2)12-5-7-13(8-6-12)14-15(18)17(4)10-9-16(14)3;1-12(2)13-6-8-14(9-7-13)15-5-4-10-16(3)11-15;1-10(2)11-4-6-12(7-5-11)13-14-8-3-9-15-13;1-9(2)11-6-4-10(5-7-11)8-13(3)12;1-8(2)10-4-6-11(7-5-10)9(3)12/h5-8,14H,4,9-13H2,1-3H3;5-8,11,14H,9-10H2,1-4H3;6-9,12,15H,4-5,10-11H2,1-3H3;4-7,10H,3,8-9H2,1-2H3,(H,14,15);4-7,9H,8H2,1-3H3;4-8H,1-3H3. The highest BCUT2D eigenvalue weighted by molar-refractivity contribution is 7.83. The number of nitrogens with one attached hydrogen (secondary N) is 1. The van der Waals surface area contributed by atoms with Crippen molar-refractivity contribution in [2.24, 2.45) is 4.99 Å². The molecule has 11 nitrogen and oxygen atoms in total. The van der Waals surface area contributed by atoms with Gasteiger partial charge in [0.15, 0.2) is 11.6 Å². The number of benzene rings is 6. The molecule has 3 saturated heterocycles. The number of piperazine rings is 2. The number of amides is 1. The number of hydrogen-bond acceptors (Lipinski definition) is 10. The van der Waals surface area contributed by atoms with Crippen molar-refractivity contribution in [3.05, 3.63) is 212 Å². The molecule has 3 unspecified atom stereocenters. The molecular weight excluding hydrogens is 1180 g/mol. The van der Waals surface area contributed by atoms with E-state index in [9.17, 15) is 18.6 Å². The van der Waals surface area contributed by atoms with Crippen LogP contribution in [0, 0.1) is 0 Å². The van der Waals surface area contributed by atoms with E-state index < -0.39 is 10.8 Å². The first-order chi connectivity index (χ1) is 44.7. The molecule has 3 fully saturated rings. The van der Waals surface area contributed by atoms with E-state index in [1.54, 1.807) is 13.2 Å². The topological polar surface area (TPSA) is 109 Å². The first kappa shape index (κ1) is 78.3. The number of hydrogen-bond donors (Lipinski definition) is 1. The molecule has 0 saturated carbocycles. The number of likely N-dealkylation sites (N-methyl/N-ethyl adjacent to an activating group) is 4. The number of nitrogens with zero attached hydrogens (tertiary/aromatic N) is 6. The lowest BCUT2D eigenvalue weighted by Crippen LogP contribution is -2.48. The number of carbonyl (C=O) groups excluding carboxylic acids is 3. The van der Waals surface area contributed by atoms with E-state index in [2.05, 4.69) is 236 Å². The Morgan fingerprint density at radius 1 is 0.532 bits per heavy atom. The number of amidine groups is 1. The monoisotopic (exact) mass is 1300 g/mol. The molecule has 1 amide bonds. The predicted octanol–water partition coefficient (Wildman–Crippen LogP) is 16.8. The largest absolute Gasteiger partial charge is 0.370 e. The molecule has 0 bridgehead atoms. The zero-order chi connectivity index (χ0) is 69.0. The number of carbonyl (C=O) groups is 3. The first-order valence-corrected chi connectivity index (χ1v) is 36.8. The van der Waals surface area contributed by atoms with Gasteiger partial charge in [0.1, 0.15) is 11.9 Å². The highest BCUT2D eigenvalue weighted by atomic mass is 32.2. The predicted molar refractivity (Wildman–Crippen MR) is 400 cm³/mol. The van der Waals surface area contributed by atoms with Gasteiger partial charge >= 0.3 is 0 Å². The minimum absolute atomic E-state index is 0.120. The lowest BCUT2D eigenvalue weighted by atomic mass is 9.89. The number of rotatable bonds is 16. The van der Waals surface area contributed by atoms with Crippen LogP contribution in [-0.2, 0) is 21.3 Å². The molecule has 0 spiro atoms. The van der Waals surface area contributed by atoms with Gasteiger partial charge in [-0.15, -0.1) is 0 Å². The number of piperidine rings is 1. The summed E-state index contributed by atoms with van der Waals surface area (Å²) < 4.78 is 10.9. The molecule has 1 N–H and O–H groups in total. The third kappa shape index (κ3) is 26.3. The number of aliphatic imine (C=N–C) groups is 1. The van der Waals surface area contributed by atoms with Crippen LogP contribution in [0.15, 0.2) is 151 Å². The molecular formula is C82H119N7O4S. The van der Waals surface area contributed by atoms with Crippen molar-refractivity contribution in [2.45, 2.75) is 169 Å². The van der Waals surface area contributed by atoms with Crippen molar-refractivity contribution in [1.82, 2.24) is 29.8 Å². The minimum atomic E-state index is -0.734. The summed E-state index contributed by atoms with van der Waals surface area (Å²) in [7, 11) is 5.40. The van der Waals surface area contributed by atoms with Crippen molar-refractivity contribution < 1.29 is 18.6 Å². The summed E-state index contributed by atoms with van der Waals surface area (Å²) in [6.45, 7) is 42.1. The second kappa shape index (κ2) is 40.2. The third-order valence-corrected chi connectivity index (χ3v) is 19.1. The van der Waals surface area contributed by atoms with E-state index in [4.69, 9.17) is 0 Å². The Labute approximate surface area is 572 Å². The third-order valence-electron chi connectivity index (χ3n) is 18.4. The zero-order valence-electron chi connectivity index (χ0n) is 61.0. The molecule has 512 valence electrons. The van der Waals surface area contributed by atoms with Crippen LogP contribution in [-0.4, -0.2) is 158 Å². The molecule has 0 aromatic heterocycles. The fraction of sp³-hybridized carbons (Fsp3) is 0.512. The fourth-order valence-corrected chi connectivity index (χ4v) is 12.4. The van der Waals surface area contributed by atoms with Crippen LogP contribution in [0.2, 0.25) is 0 Å². The second-order valence-electron chi connectivity index (χ2n) is 28.0. The molecule has 12 heteroatoms. The Morgan fingerprint density at radius 3 is 1.37 bits per heavy atom. The Morgan fingerprint density at radius 2 is 0.957 bits per heavy atom.